The van der Waals surface area contributed by atoms with Crippen molar-refractivity contribution in [2.24, 2.45) is 0 Å². The van der Waals surface area contributed by atoms with Gasteiger partial charge in [0.25, 0.3) is 5.89 Å². The van der Waals surface area contributed by atoms with E-state index in [0.717, 1.165) is 6.54 Å². The Kier molecular flexibility index (Phi) is 3.57. The van der Waals surface area contributed by atoms with Gasteiger partial charge in [0.2, 0.25) is 0 Å². The lowest BCUT2D eigenvalue weighted by Crippen LogP contribution is -2.15. The van der Waals surface area contributed by atoms with Crippen LogP contribution in [0.25, 0.3) is 11.5 Å². The molecule has 6 heteroatoms. The molecule has 0 saturated heterocycles. The molecule has 0 atom stereocenters. The van der Waals surface area contributed by atoms with Gasteiger partial charge in [-0.1, -0.05) is 5.16 Å². The van der Waals surface area contributed by atoms with Crippen molar-refractivity contribution in [1.29, 1.82) is 0 Å². The van der Waals surface area contributed by atoms with Crippen LogP contribution in [0.15, 0.2) is 22.7 Å². The normalized spacial score (nSPS) is 11.1. The Morgan fingerprint density at radius 2 is 2.17 bits per heavy atom. The number of hydrogen-bond acceptors (Lipinski definition) is 5. The lowest BCUT2D eigenvalue weighted by atomic mass is 10.2. The summed E-state index contributed by atoms with van der Waals surface area (Å²) in [6, 6.07) is 4.06. The molecule has 0 amide bonds. The Hall–Kier alpha value is -1.95. The molecule has 96 valence electrons. The molecular weight excluding hydrogens is 235 g/mol. The molecule has 1 aromatic carbocycles. The van der Waals surface area contributed by atoms with Gasteiger partial charge in [-0.05, 0) is 32.3 Å². The summed E-state index contributed by atoms with van der Waals surface area (Å²) in [5.74, 6) is 0.454. The SMILES string of the molecule is CN(C)CCc1noc(-c2cc(F)ccc2N)n1. The predicted molar refractivity (Wildman–Crippen MR) is 66.4 cm³/mol. The summed E-state index contributed by atoms with van der Waals surface area (Å²) in [5.41, 5.74) is 6.60. The average molecular weight is 250 g/mol. The zero-order valence-electron chi connectivity index (χ0n) is 10.4. The number of nitrogen functional groups attached to an aromatic ring is 1. The van der Waals surface area contributed by atoms with Crippen LogP contribution in [0.2, 0.25) is 0 Å². The smallest absolute Gasteiger partial charge is 0.260 e. The van der Waals surface area contributed by atoms with E-state index in [0.29, 0.717) is 23.5 Å². The third-order valence-corrected chi connectivity index (χ3v) is 2.50. The summed E-state index contributed by atoms with van der Waals surface area (Å²) in [7, 11) is 3.93. The standard InChI is InChI=1S/C12H15FN4O/c1-17(2)6-5-11-15-12(18-16-11)9-7-8(13)3-4-10(9)14/h3-4,7H,5-6,14H2,1-2H3. The fourth-order valence-corrected chi connectivity index (χ4v) is 1.50. The minimum Gasteiger partial charge on any atom is -0.398 e. The van der Waals surface area contributed by atoms with Crippen molar-refractivity contribution in [3.8, 4) is 11.5 Å². The molecule has 0 aliphatic heterocycles. The van der Waals surface area contributed by atoms with Gasteiger partial charge in [0.15, 0.2) is 5.82 Å². The molecule has 2 N–H and O–H groups in total. The highest BCUT2D eigenvalue weighted by molar-refractivity contribution is 5.70. The van der Waals surface area contributed by atoms with Gasteiger partial charge < -0.3 is 15.2 Å². The molecule has 0 radical (unpaired) electrons. The van der Waals surface area contributed by atoms with E-state index in [4.69, 9.17) is 10.3 Å². The monoisotopic (exact) mass is 250 g/mol. The summed E-state index contributed by atoms with van der Waals surface area (Å²) >= 11 is 0. The molecule has 0 spiro atoms. The number of rotatable bonds is 4. The maximum absolute atomic E-state index is 13.1. The second kappa shape index (κ2) is 5.14. The van der Waals surface area contributed by atoms with E-state index in [1.54, 1.807) is 0 Å². The molecule has 0 bridgehead atoms. The Labute approximate surface area is 104 Å². The van der Waals surface area contributed by atoms with Crippen molar-refractivity contribution >= 4 is 5.69 Å². The number of anilines is 1. The van der Waals surface area contributed by atoms with Crippen LogP contribution in [0.3, 0.4) is 0 Å². The Morgan fingerprint density at radius 1 is 1.39 bits per heavy atom. The van der Waals surface area contributed by atoms with Gasteiger partial charge in [-0.25, -0.2) is 4.39 Å². The largest absolute Gasteiger partial charge is 0.398 e. The van der Waals surface area contributed by atoms with Crippen LogP contribution >= 0.6 is 0 Å². The van der Waals surface area contributed by atoms with Crippen LogP contribution in [0.1, 0.15) is 5.82 Å². The molecule has 2 rings (SSSR count). The summed E-state index contributed by atoms with van der Waals surface area (Å²) < 4.78 is 18.2. The molecule has 5 nitrogen and oxygen atoms in total. The molecule has 18 heavy (non-hydrogen) atoms. The maximum atomic E-state index is 13.1. The number of nitrogens with two attached hydrogens (primary N) is 1. The minimum atomic E-state index is -0.382. The Bertz CT molecular complexity index is 539. The van der Waals surface area contributed by atoms with Crippen molar-refractivity contribution in [2.45, 2.75) is 6.42 Å². The Balaban J connectivity index is 2.21. The molecular formula is C12H15FN4O. The van der Waals surface area contributed by atoms with Crippen molar-refractivity contribution in [3.05, 3.63) is 29.8 Å². The fraction of sp³-hybridized carbons (Fsp3) is 0.333. The molecule has 0 saturated carbocycles. The number of aromatic nitrogens is 2. The van der Waals surface area contributed by atoms with Gasteiger partial charge in [0.1, 0.15) is 5.82 Å². The summed E-state index contributed by atoms with van der Waals surface area (Å²) in [5, 5.41) is 3.84. The van der Waals surface area contributed by atoms with Crippen molar-refractivity contribution in [2.75, 3.05) is 26.4 Å². The van der Waals surface area contributed by atoms with Crippen LogP contribution in [0.5, 0.6) is 0 Å². The van der Waals surface area contributed by atoms with Crippen LogP contribution in [-0.2, 0) is 6.42 Å². The third-order valence-electron chi connectivity index (χ3n) is 2.50. The molecule has 1 heterocycles. The van der Waals surface area contributed by atoms with Crippen molar-refractivity contribution in [1.82, 2.24) is 15.0 Å². The summed E-state index contributed by atoms with van der Waals surface area (Å²) in [4.78, 5) is 6.22. The van der Waals surface area contributed by atoms with Crippen molar-refractivity contribution in [3.63, 3.8) is 0 Å². The molecule has 2 aromatic rings. The first-order valence-electron chi connectivity index (χ1n) is 5.59. The first-order valence-corrected chi connectivity index (χ1v) is 5.59. The average Bonchev–Trinajstić information content (AvgIpc) is 2.78. The maximum Gasteiger partial charge on any atom is 0.260 e. The minimum absolute atomic E-state index is 0.251. The van der Waals surface area contributed by atoms with Gasteiger partial charge in [0, 0.05) is 18.7 Å². The lowest BCUT2D eigenvalue weighted by molar-refractivity contribution is 0.392. The summed E-state index contributed by atoms with van der Waals surface area (Å²) in [6.07, 6.45) is 0.672. The number of benzene rings is 1. The highest BCUT2D eigenvalue weighted by Crippen LogP contribution is 2.25. The molecule has 0 fully saturated rings. The summed E-state index contributed by atoms with van der Waals surface area (Å²) in [6.45, 7) is 0.817. The van der Waals surface area contributed by atoms with Gasteiger partial charge in [0.05, 0.1) is 5.56 Å². The highest BCUT2D eigenvalue weighted by atomic mass is 19.1. The zero-order chi connectivity index (χ0) is 13.1. The zero-order valence-corrected chi connectivity index (χ0v) is 10.4. The van der Waals surface area contributed by atoms with E-state index in [9.17, 15) is 4.39 Å². The predicted octanol–water partition coefficient (Wildman–Crippen LogP) is 1.56. The van der Waals surface area contributed by atoms with Crippen LogP contribution in [-0.4, -0.2) is 35.7 Å². The van der Waals surface area contributed by atoms with Gasteiger partial charge >= 0.3 is 0 Å². The quantitative estimate of drug-likeness (QED) is 0.834. The number of hydrogen-bond donors (Lipinski definition) is 1. The topological polar surface area (TPSA) is 68.2 Å². The van der Waals surface area contributed by atoms with Gasteiger partial charge in [-0.2, -0.15) is 4.98 Å². The molecule has 0 aliphatic rings. The van der Waals surface area contributed by atoms with E-state index in [2.05, 4.69) is 10.1 Å². The number of halogens is 1. The fourth-order valence-electron chi connectivity index (χ4n) is 1.50. The van der Waals surface area contributed by atoms with E-state index in [1.807, 2.05) is 19.0 Å². The Morgan fingerprint density at radius 3 is 2.89 bits per heavy atom. The first-order chi connectivity index (χ1) is 8.56. The van der Waals surface area contributed by atoms with E-state index in [-0.39, 0.29) is 11.7 Å². The van der Waals surface area contributed by atoms with E-state index < -0.39 is 0 Å². The molecule has 1 aromatic heterocycles. The molecule has 0 aliphatic carbocycles. The second-order valence-electron chi connectivity index (χ2n) is 4.30. The van der Waals surface area contributed by atoms with Gasteiger partial charge in [-0.15, -0.1) is 0 Å². The van der Waals surface area contributed by atoms with E-state index >= 15 is 0 Å². The van der Waals surface area contributed by atoms with Crippen LogP contribution in [0, 0.1) is 5.82 Å². The first kappa shape index (κ1) is 12.5. The third kappa shape index (κ3) is 2.84. The lowest BCUT2D eigenvalue weighted by Gasteiger charge is -2.05. The second-order valence-corrected chi connectivity index (χ2v) is 4.30. The number of nitrogens with zero attached hydrogens (tertiary/aromatic N) is 3. The van der Waals surface area contributed by atoms with Crippen molar-refractivity contribution < 1.29 is 8.91 Å². The highest BCUT2D eigenvalue weighted by Gasteiger charge is 2.12. The van der Waals surface area contributed by atoms with Crippen LogP contribution in [0.4, 0.5) is 10.1 Å². The number of likely N-dealkylation sites (N-methyl/N-ethyl adjacent to an activating group) is 1. The van der Waals surface area contributed by atoms with Crippen LogP contribution < -0.4 is 5.73 Å². The van der Waals surface area contributed by atoms with Gasteiger partial charge in [-0.3, -0.25) is 0 Å². The van der Waals surface area contributed by atoms with E-state index in [1.165, 1.54) is 18.2 Å². The molecule has 0 unspecified atom stereocenters.